The molecule has 0 aromatic heterocycles. The lowest BCUT2D eigenvalue weighted by atomic mass is 10.1. The first-order chi connectivity index (χ1) is 12.9. The van der Waals surface area contributed by atoms with Gasteiger partial charge in [-0.25, -0.2) is 0 Å². The predicted molar refractivity (Wildman–Crippen MR) is 117 cm³/mol. The molecular formula is C20H15BrN2O2S2. The molecule has 2 aromatic carbocycles. The molecule has 1 heterocycles. The van der Waals surface area contributed by atoms with E-state index in [4.69, 9.17) is 12.2 Å². The summed E-state index contributed by atoms with van der Waals surface area (Å²) in [4.78, 5) is 25.5. The van der Waals surface area contributed by atoms with Crippen LogP contribution in [-0.2, 0) is 4.79 Å². The van der Waals surface area contributed by atoms with Crippen molar-refractivity contribution in [2.24, 2.45) is 0 Å². The number of thioether (sulfide) groups is 1. The van der Waals surface area contributed by atoms with E-state index in [0.717, 1.165) is 20.6 Å². The average molecular weight is 459 g/mol. The van der Waals surface area contributed by atoms with E-state index in [1.807, 2.05) is 43.3 Å². The molecule has 0 aliphatic carbocycles. The highest BCUT2D eigenvalue weighted by atomic mass is 79.9. The van der Waals surface area contributed by atoms with Gasteiger partial charge in [0.15, 0.2) is 4.32 Å². The topological polar surface area (TPSA) is 49.4 Å². The first-order valence-electron chi connectivity index (χ1n) is 8.02. The fraction of sp³-hybridized carbons (Fsp3) is 0.0500. The van der Waals surface area contributed by atoms with Crippen molar-refractivity contribution in [1.82, 2.24) is 10.4 Å². The number of nitrogens with zero attached hydrogens (tertiary/aromatic N) is 1. The summed E-state index contributed by atoms with van der Waals surface area (Å²) in [5.74, 6) is -0.729. The highest BCUT2D eigenvalue weighted by Gasteiger charge is 2.33. The van der Waals surface area contributed by atoms with Crippen LogP contribution in [0.5, 0.6) is 0 Å². The highest BCUT2D eigenvalue weighted by Crippen LogP contribution is 2.31. The Morgan fingerprint density at radius 3 is 2.48 bits per heavy atom. The summed E-state index contributed by atoms with van der Waals surface area (Å²) >= 11 is 9.74. The number of allylic oxidation sites excluding steroid dienone is 2. The van der Waals surface area contributed by atoms with Crippen molar-refractivity contribution in [3.05, 3.63) is 86.8 Å². The van der Waals surface area contributed by atoms with Crippen LogP contribution in [-0.4, -0.2) is 21.1 Å². The molecule has 0 radical (unpaired) electrons. The monoisotopic (exact) mass is 458 g/mol. The second kappa shape index (κ2) is 8.65. The number of halogens is 1. The SMILES string of the molecule is CC(/C=C1\SC(=S)N(NC(=O)c2ccc(Br)cc2)C1=O)=C\c1ccccc1. The molecule has 0 spiro atoms. The van der Waals surface area contributed by atoms with E-state index in [1.165, 1.54) is 11.8 Å². The summed E-state index contributed by atoms with van der Waals surface area (Å²) in [6, 6.07) is 16.7. The lowest BCUT2D eigenvalue weighted by Crippen LogP contribution is -2.44. The van der Waals surface area contributed by atoms with Gasteiger partial charge in [0.2, 0.25) is 0 Å². The molecule has 1 aliphatic heterocycles. The molecule has 0 saturated carbocycles. The highest BCUT2D eigenvalue weighted by molar-refractivity contribution is 9.10. The average Bonchev–Trinajstić information content (AvgIpc) is 2.90. The summed E-state index contributed by atoms with van der Waals surface area (Å²) in [6.07, 6.45) is 3.76. The molecule has 1 fully saturated rings. The molecule has 7 heteroatoms. The molecule has 136 valence electrons. The number of hydrogen-bond acceptors (Lipinski definition) is 4. The van der Waals surface area contributed by atoms with Crippen LogP contribution in [0, 0.1) is 0 Å². The molecule has 1 N–H and O–H groups in total. The number of hydrogen-bond donors (Lipinski definition) is 1. The Hall–Kier alpha value is -2.22. The minimum absolute atomic E-state index is 0.296. The standard InChI is InChI=1S/C20H15BrN2O2S2/c1-13(11-14-5-3-2-4-6-14)12-17-19(25)23(20(26)27-17)22-18(24)15-7-9-16(21)10-8-15/h2-12H,1H3,(H,22,24)/b13-11+,17-12-. The Morgan fingerprint density at radius 1 is 1.15 bits per heavy atom. The third-order valence-electron chi connectivity index (χ3n) is 3.67. The molecule has 2 aromatic rings. The minimum Gasteiger partial charge on any atom is -0.267 e. The molecule has 0 atom stereocenters. The summed E-state index contributed by atoms with van der Waals surface area (Å²) in [7, 11) is 0. The molecule has 3 rings (SSSR count). The van der Waals surface area contributed by atoms with Crippen LogP contribution in [0.4, 0.5) is 0 Å². The number of amides is 2. The fourth-order valence-electron chi connectivity index (χ4n) is 2.39. The van der Waals surface area contributed by atoms with Crippen LogP contribution in [0.3, 0.4) is 0 Å². The first kappa shape index (κ1) is 19.5. The largest absolute Gasteiger partial charge is 0.285 e. The number of benzene rings is 2. The van der Waals surface area contributed by atoms with E-state index >= 15 is 0 Å². The third kappa shape index (κ3) is 4.94. The summed E-state index contributed by atoms with van der Waals surface area (Å²) in [5.41, 5.74) is 4.98. The second-order valence-electron chi connectivity index (χ2n) is 5.76. The first-order valence-corrected chi connectivity index (χ1v) is 10.0. The van der Waals surface area contributed by atoms with Crippen molar-refractivity contribution in [3.8, 4) is 0 Å². The number of thiocarbonyl (C=S) groups is 1. The van der Waals surface area contributed by atoms with E-state index in [9.17, 15) is 9.59 Å². The van der Waals surface area contributed by atoms with Crippen LogP contribution < -0.4 is 5.43 Å². The third-order valence-corrected chi connectivity index (χ3v) is 5.50. The van der Waals surface area contributed by atoms with Gasteiger partial charge in [0.05, 0.1) is 4.91 Å². The van der Waals surface area contributed by atoms with Crippen molar-refractivity contribution in [2.45, 2.75) is 6.92 Å². The van der Waals surface area contributed by atoms with Crippen LogP contribution in [0.2, 0.25) is 0 Å². The van der Waals surface area contributed by atoms with Gasteiger partial charge < -0.3 is 0 Å². The van der Waals surface area contributed by atoms with Gasteiger partial charge in [-0.05, 0) is 60.6 Å². The Balaban J connectivity index is 1.73. The van der Waals surface area contributed by atoms with Gasteiger partial charge in [0, 0.05) is 10.0 Å². The summed E-state index contributed by atoms with van der Waals surface area (Å²) in [5, 5.41) is 1.12. The number of nitrogens with one attached hydrogen (secondary N) is 1. The maximum absolute atomic E-state index is 12.6. The lowest BCUT2D eigenvalue weighted by molar-refractivity contribution is -0.123. The summed E-state index contributed by atoms with van der Waals surface area (Å²) < 4.78 is 1.16. The fourth-order valence-corrected chi connectivity index (χ4v) is 3.89. The predicted octanol–water partition coefficient (Wildman–Crippen LogP) is 4.94. The van der Waals surface area contributed by atoms with Gasteiger partial charge in [-0.15, -0.1) is 0 Å². The van der Waals surface area contributed by atoms with E-state index in [0.29, 0.717) is 14.8 Å². The van der Waals surface area contributed by atoms with Gasteiger partial charge in [-0.2, -0.15) is 5.01 Å². The van der Waals surface area contributed by atoms with Gasteiger partial charge in [0.25, 0.3) is 11.8 Å². The Morgan fingerprint density at radius 2 is 1.81 bits per heavy atom. The van der Waals surface area contributed by atoms with Gasteiger partial charge in [-0.3, -0.25) is 15.0 Å². The molecule has 4 nitrogen and oxygen atoms in total. The van der Waals surface area contributed by atoms with Crippen molar-refractivity contribution in [1.29, 1.82) is 0 Å². The quantitative estimate of drug-likeness (QED) is 0.520. The zero-order valence-electron chi connectivity index (χ0n) is 14.3. The normalized spacial score (nSPS) is 16.1. The van der Waals surface area contributed by atoms with Gasteiger partial charge in [0.1, 0.15) is 0 Å². The van der Waals surface area contributed by atoms with Crippen molar-refractivity contribution < 1.29 is 9.59 Å². The maximum atomic E-state index is 12.6. The van der Waals surface area contributed by atoms with E-state index in [1.54, 1.807) is 30.3 Å². The molecule has 0 unspecified atom stereocenters. The second-order valence-corrected chi connectivity index (χ2v) is 8.36. The molecule has 27 heavy (non-hydrogen) atoms. The number of carbonyl (C=O) groups excluding carboxylic acids is 2. The van der Waals surface area contributed by atoms with E-state index in [-0.39, 0.29) is 5.91 Å². The van der Waals surface area contributed by atoms with Crippen molar-refractivity contribution in [2.75, 3.05) is 0 Å². The molecule has 1 aliphatic rings. The van der Waals surface area contributed by atoms with Crippen LogP contribution >= 0.6 is 39.9 Å². The van der Waals surface area contributed by atoms with Gasteiger partial charge >= 0.3 is 0 Å². The van der Waals surface area contributed by atoms with E-state index < -0.39 is 5.91 Å². The molecule has 1 saturated heterocycles. The minimum atomic E-state index is -0.392. The van der Waals surface area contributed by atoms with Gasteiger partial charge in [-0.1, -0.05) is 64.1 Å². The van der Waals surface area contributed by atoms with E-state index in [2.05, 4.69) is 21.4 Å². The van der Waals surface area contributed by atoms with Crippen LogP contribution in [0.1, 0.15) is 22.8 Å². The zero-order chi connectivity index (χ0) is 19.4. The Kier molecular flexibility index (Phi) is 6.26. The number of rotatable bonds is 4. The molecule has 2 amide bonds. The van der Waals surface area contributed by atoms with Crippen LogP contribution in [0.25, 0.3) is 6.08 Å². The lowest BCUT2D eigenvalue weighted by Gasteiger charge is -2.15. The zero-order valence-corrected chi connectivity index (χ0v) is 17.5. The van der Waals surface area contributed by atoms with Crippen LogP contribution in [0.15, 0.2) is 75.6 Å². The van der Waals surface area contributed by atoms with Crippen molar-refractivity contribution >= 4 is 62.1 Å². The molecular weight excluding hydrogens is 444 g/mol. The summed E-state index contributed by atoms with van der Waals surface area (Å²) in [6.45, 7) is 1.92. The Labute approximate surface area is 175 Å². The number of hydrazine groups is 1. The number of carbonyl (C=O) groups is 2. The smallest absolute Gasteiger partial charge is 0.267 e. The van der Waals surface area contributed by atoms with Crippen molar-refractivity contribution in [3.63, 3.8) is 0 Å². The molecule has 0 bridgehead atoms. The Bertz CT molecular complexity index is 954. The maximum Gasteiger partial charge on any atom is 0.285 e.